The summed E-state index contributed by atoms with van der Waals surface area (Å²) in [5, 5.41) is 0.168. The Hall–Kier alpha value is -0.193. The minimum atomic E-state index is -1.82. The maximum atomic E-state index is 11.0. The molecule has 0 saturated carbocycles. The van der Waals surface area contributed by atoms with Crippen molar-refractivity contribution in [2.45, 2.75) is 64.5 Å². The lowest BCUT2D eigenvalue weighted by atomic mass is 9.98. The topological polar surface area (TPSA) is 35.5 Å². The van der Waals surface area contributed by atoms with E-state index in [4.69, 9.17) is 9.16 Å². The highest BCUT2D eigenvalue weighted by Gasteiger charge is 2.42. The summed E-state index contributed by atoms with van der Waals surface area (Å²) in [6.45, 7) is 13.9. The van der Waals surface area contributed by atoms with Crippen LogP contribution in [-0.4, -0.2) is 33.4 Å². The lowest BCUT2D eigenvalue weighted by Gasteiger charge is -2.42. The van der Waals surface area contributed by atoms with Gasteiger partial charge in [-0.3, -0.25) is 0 Å². The second-order valence-electron chi connectivity index (χ2n) is 6.69. The van der Waals surface area contributed by atoms with Crippen LogP contribution in [0.25, 0.3) is 0 Å². The SMILES string of the molecule is CC1CO[C@@H](C=O)C(O[Si](C)(C)C(C)(C)C)C1. The molecule has 100 valence electrons. The Morgan fingerprint density at radius 3 is 2.41 bits per heavy atom. The summed E-state index contributed by atoms with van der Waals surface area (Å²) in [4.78, 5) is 11.0. The fraction of sp³-hybridized carbons (Fsp3) is 0.923. The van der Waals surface area contributed by atoms with E-state index in [1.54, 1.807) is 0 Å². The molecule has 1 aliphatic heterocycles. The maximum absolute atomic E-state index is 11.0. The maximum Gasteiger partial charge on any atom is 0.192 e. The van der Waals surface area contributed by atoms with Crippen molar-refractivity contribution >= 4 is 14.6 Å². The van der Waals surface area contributed by atoms with Crippen LogP contribution in [0.5, 0.6) is 0 Å². The van der Waals surface area contributed by atoms with Gasteiger partial charge in [-0.1, -0.05) is 27.7 Å². The van der Waals surface area contributed by atoms with Crippen LogP contribution in [-0.2, 0) is 14.0 Å². The molecule has 1 rings (SSSR count). The smallest absolute Gasteiger partial charge is 0.192 e. The molecule has 0 aliphatic carbocycles. The van der Waals surface area contributed by atoms with E-state index < -0.39 is 8.32 Å². The predicted octanol–water partition coefficient (Wildman–Crippen LogP) is 3.00. The van der Waals surface area contributed by atoms with E-state index in [1.807, 2.05) is 0 Å². The van der Waals surface area contributed by atoms with Crippen LogP contribution in [0.3, 0.4) is 0 Å². The van der Waals surface area contributed by atoms with E-state index in [0.29, 0.717) is 12.5 Å². The van der Waals surface area contributed by atoms with Gasteiger partial charge in [0, 0.05) is 0 Å². The minimum absolute atomic E-state index is 0.0582. The third-order valence-electron chi connectivity index (χ3n) is 3.96. The van der Waals surface area contributed by atoms with E-state index in [9.17, 15) is 4.79 Å². The Morgan fingerprint density at radius 1 is 1.35 bits per heavy atom. The van der Waals surface area contributed by atoms with Gasteiger partial charge in [-0.05, 0) is 30.5 Å². The second-order valence-corrected chi connectivity index (χ2v) is 11.4. The van der Waals surface area contributed by atoms with Crippen LogP contribution >= 0.6 is 0 Å². The number of carbonyl (C=O) groups excluding carboxylic acids is 1. The molecular weight excluding hydrogens is 232 g/mol. The van der Waals surface area contributed by atoms with Crippen molar-refractivity contribution in [2.75, 3.05) is 6.61 Å². The minimum Gasteiger partial charge on any atom is -0.411 e. The molecule has 17 heavy (non-hydrogen) atoms. The largest absolute Gasteiger partial charge is 0.411 e. The first kappa shape index (κ1) is 14.9. The molecule has 0 bridgehead atoms. The Kier molecular flexibility index (Phi) is 4.55. The third kappa shape index (κ3) is 3.63. The van der Waals surface area contributed by atoms with E-state index in [2.05, 4.69) is 40.8 Å². The molecule has 0 amide bonds. The summed E-state index contributed by atoms with van der Waals surface area (Å²) < 4.78 is 11.8. The number of carbonyl (C=O) groups is 1. The fourth-order valence-electron chi connectivity index (χ4n) is 1.78. The molecule has 3 nitrogen and oxygen atoms in total. The summed E-state index contributed by atoms with van der Waals surface area (Å²) in [7, 11) is -1.82. The molecular formula is C13H26O3Si. The van der Waals surface area contributed by atoms with Crippen molar-refractivity contribution in [2.24, 2.45) is 5.92 Å². The Bertz CT molecular complexity index is 270. The predicted molar refractivity (Wildman–Crippen MR) is 71.7 cm³/mol. The van der Waals surface area contributed by atoms with Crippen molar-refractivity contribution in [1.29, 1.82) is 0 Å². The van der Waals surface area contributed by atoms with Gasteiger partial charge < -0.3 is 14.0 Å². The summed E-state index contributed by atoms with van der Waals surface area (Å²) in [6, 6.07) is 0. The van der Waals surface area contributed by atoms with Gasteiger partial charge in [0.15, 0.2) is 14.6 Å². The highest BCUT2D eigenvalue weighted by Crippen LogP contribution is 2.39. The number of rotatable bonds is 3. The molecule has 3 atom stereocenters. The van der Waals surface area contributed by atoms with Crippen LogP contribution in [0, 0.1) is 5.92 Å². The molecule has 1 fully saturated rings. The summed E-state index contributed by atoms with van der Waals surface area (Å²) in [5.74, 6) is 0.473. The highest BCUT2D eigenvalue weighted by atomic mass is 28.4. The van der Waals surface area contributed by atoms with E-state index in [0.717, 1.165) is 12.7 Å². The summed E-state index contributed by atoms with van der Waals surface area (Å²) in [6.07, 6.45) is 1.39. The van der Waals surface area contributed by atoms with E-state index in [1.165, 1.54) is 0 Å². The second kappa shape index (κ2) is 5.20. The average molecular weight is 258 g/mol. The van der Waals surface area contributed by atoms with Gasteiger partial charge >= 0.3 is 0 Å². The molecule has 1 aliphatic rings. The molecule has 0 radical (unpaired) electrons. The molecule has 0 aromatic rings. The Balaban J connectivity index is 2.73. The van der Waals surface area contributed by atoms with Crippen LogP contribution in [0.1, 0.15) is 34.1 Å². The normalized spacial score (nSPS) is 31.3. The number of hydrogen-bond donors (Lipinski definition) is 0. The lowest BCUT2D eigenvalue weighted by molar-refractivity contribution is -0.134. The summed E-state index contributed by atoms with van der Waals surface area (Å²) >= 11 is 0. The van der Waals surface area contributed by atoms with Crippen LogP contribution in [0.2, 0.25) is 18.1 Å². The van der Waals surface area contributed by atoms with Crippen LogP contribution in [0.15, 0.2) is 0 Å². The van der Waals surface area contributed by atoms with Crippen molar-refractivity contribution < 1.29 is 14.0 Å². The zero-order valence-electron chi connectivity index (χ0n) is 11.9. The van der Waals surface area contributed by atoms with Gasteiger partial charge in [0.1, 0.15) is 6.10 Å². The molecule has 0 aromatic heterocycles. The van der Waals surface area contributed by atoms with Gasteiger partial charge in [-0.15, -0.1) is 0 Å². The van der Waals surface area contributed by atoms with Gasteiger partial charge in [0.25, 0.3) is 0 Å². The zero-order valence-corrected chi connectivity index (χ0v) is 12.9. The molecule has 2 unspecified atom stereocenters. The van der Waals surface area contributed by atoms with Gasteiger partial charge in [-0.25, -0.2) is 0 Å². The van der Waals surface area contributed by atoms with Crippen molar-refractivity contribution in [3.63, 3.8) is 0 Å². The van der Waals surface area contributed by atoms with Gasteiger partial charge in [-0.2, -0.15) is 0 Å². The average Bonchev–Trinajstić information content (AvgIpc) is 2.15. The molecule has 1 saturated heterocycles. The van der Waals surface area contributed by atoms with E-state index in [-0.39, 0.29) is 17.2 Å². The summed E-state index contributed by atoms with van der Waals surface area (Å²) in [5.41, 5.74) is 0. The monoisotopic (exact) mass is 258 g/mol. The zero-order chi connectivity index (χ0) is 13.3. The first-order valence-electron chi connectivity index (χ1n) is 6.42. The van der Waals surface area contributed by atoms with Crippen LogP contribution < -0.4 is 0 Å². The number of ether oxygens (including phenoxy) is 1. The highest BCUT2D eigenvalue weighted by molar-refractivity contribution is 6.74. The Morgan fingerprint density at radius 2 is 1.94 bits per heavy atom. The van der Waals surface area contributed by atoms with E-state index >= 15 is 0 Å². The molecule has 4 heteroatoms. The fourth-order valence-corrected chi connectivity index (χ4v) is 3.12. The van der Waals surface area contributed by atoms with Gasteiger partial charge in [0.05, 0.1) is 12.7 Å². The molecule has 0 aromatic carbocycles. The standard InChI is InChI=1S/C13H26O3Si/c1-10-7-11(12(8-14)15-9-10)16-17(5,6)13(2,3)4/h8,10-12H,7,9H2,1-6H3/t10?,11?,12-/m0/s1. The van der Waals surface area contributed by atoms with Crippen LogP contribution in [0.4, 0.5) is 0 Å². The molecule has 1 heterocycles. The quantitative estimate of drug-likeness (QED) is 0.576. The number of aldehydes is 1. The number of hydrogen-bond acceptors (Lipinski definition) is 3. The molecule has 0 spiro atoms. The van der Waals surface area contributed by atoms with Crippen molar-refractivity contribution in [1.82, 2.24) is 0 Å². The lowest BCUT2D eigenvalue weighted by Crippen LogP contribution is -2.50. The van der Waals surface area contributed by atoms with Crippen molar-refractivity contribution in [3.05, 3.63) is 0 Å². The third-order valence-corrected chi connectivity index (χ3v) is 8.46. The first-order chi connectivity index (χ1) is 7.67. The Labute approximate surface area is 106 Å². The van der Waals surface area contributed by atoms with Gasteiger partial charge in [0.2, 0.25) is 0 Å². The molecule has 0 N–H and O–H groups in total. The van der Waals surface area contributed by atoms with Crippen molar-refractivity contribution in [3.8, 4) is 0 Å². The first-order valence-corrected chi connectivity index (χ1v) is 9.33.